The summed E-state index contributed by atoms with van der Waals surface area (Å²) in [5.41, 5.74) is 0. The van der Waals surface area contributed by atoms with E-state index in [4.69, 9.17) is 4.43 Å². The van der Waals surface area contributed by atoms with Crippen molar-refractivity contribution >= 4 is 18.7 Å². The van der Waals surface area contributed by atoms with E-state index in [9.17, 15) is 5.11 Å². The first-order valence-corrected chi connectivity index (χ1v) is 12.7. The Morgan fingerprint density at radius 1 is 0.966 bits per heavy atom. The summed E-state index contributed by atoms with van der Waals surface area (Å²) in [5, 5.41) is 13.0. The zero-order valence-corrected chi connectivity index (χ0v) is 19.8. The lowest BCUT2D eigenvalue weighted by Gasteiger charge is -2.43. The third-order valence-corrected chi connectivity index (χ3v) is 11.1. The molecule has 0 aliphatic rings. The van der Waals surface area contributed by atoms with E-state index < -0.39 is 8.32 Å². The molecule has 3 heteroatoms. The van der Waals surface area contributed by atoms with Gasteiger partial charge in [0.1, 0.15) is 0 Å². The van der Waals surface area contributed by atoms with Crippen LogP contribution in [0.3, 0.4) is 0 Å². The van der Waals surface area contributed by atoms with Gasteiger partial charge in [0.2, 0.25) is 0 Å². The fourth-order valence-corrected chi connectivity index (χ4v) is 8.83. The van der Waals surface area contributed by atoms with Crippen molar-refractivity contribution in [2.24, 2.45) is 11.8 Å². The lowest BCUT2D eigenvalue weighted by molar-refractivity contribution is 0.0758. The van der Waals surface area contributed by atoms with Crippen molar-refractivity contribution in [1.29, 1.82) is 0 Å². The number of aliphatic hydroxyl groups excluding tert-OH is 1. The summed E-state index contributed by atoms with van der Waals surface area (Å²) in [5.74, 6) is 0.341. The second kappa shape index (κ2) is 10.4. The predicted octanol–water partition coefficient (Wildman–Crippen LogP) is 5.16. The highest BCUT2D eigenvalue weighted by Crippen LogP contribution is 2.37. The normalized spacial score (nSPS) is 15.5. The van der Waals surface area contributed by atoms with Gasteiger partial charge >= 0.3 is 0 Å². The monoisotopic (exact) mass is 410 g/mol. The molecule has 2 aromatic carbocycles. The highest BCUT2D eigenvalue weighted by atomic mass is 28.4. The minimum Gasteiger partial charge on any atom is -0.407 e. The molecule has 2 nitrogen and oxygen atoms in total. The van der Waals surface area contributed by atoms with Crippen LogP contribution in [0, 0.1) is 11.8 Å². The summed E-state index contributed by atoms with van der Waals surface area (Å²) in [4.78, 5) is 0. The summed E-state index contributed by atoms with van der Waals surface area (Å²) in [7, 11) is -2.46. The molecule has 0 heterocycles. The molecule has 0 saturated carbocycles. The van der Waals surface area contributed by atoms with Gasteiger partial charge in [0.05, 0.1) is 6.10 Å². The molecule has 0 amide bonds. The van der Waals surface area contributed by atoms with Crippen LogP contribution < -0.4 is 10.4 Å². The van der Waals surface area contributed by atoms with Gasteiger partial charge in [-0.25, -0.2) is 0 Å². The van der Waals surface area contributed by atoms with Crippen molar-refractivity contribution in [3.05, 3.63) is 73.3 Å². The number of benzene rings is 2. The zero-order chi connectivity index (χ0) is 21.5. The Balaban J connectivity index is 2.24. The molecule has 2 aromatic rings. The zero-order valence-electron chi connectivity index (χ0n) is 18.8. The number of rotatable bonds is 10. The fourth-order valence-electron chi connectivity index (χ4n) is 4.22. The second-order valence-corrected chi connectivity index (χ2v) is 13.5. The first-order chi connectivity index (χ1) is 13.7. The van der Waals surface area contributed by atoms with Gasteiger partial charge < -0.3 is 9.53 Å². The third kappa shape index (κ3) is 5.47. The second-order valence-electron chi connectivity index (χ2n) is 9.22. The number of hydrogen-bond donors (Lipinski definition) is 1. The van der Waals surface area contributed by atoms with Crippen molar-refractivity contribution in [1.82, 2.24) is 0 Å². The maximum Gasteiger partial charge on any atom is 0.261 e. The summed E-state index contributed by atoms with van der Waals surface area (Å²) in [6.45, 7) is 15.6. The Kier molecular flexibility index (Phi) is 8.44. The first kappa shape index (κ1) is 23.6. The van der Waals surface area contributed by atoms with Gasteiger partial charge in [0.25, 0.3) is 8.32 Å². The van der Waals surface area contributed by atoms with Crippen molar-refractivity contribution in [3.8, 4) is 0 Å². The van der Waals surface area contributed by atoms with E-state index in [1.807, 2.05) is 13.0 Å². The van der Waals surface area contributed by atoms with Crippen molar-refractivity contribution in [2.75, 3.05) is 6.61 Å². The van der Waals surface area contributed by atoms with Crippen LogP contribution in [-0.4, -0.2) is 26.1 Å². The van der Waals surface area contributed by atoms with Crippen LogP contribution in [0.1, 0.15) is 47.5 Å². The maximum absolute atomic E-state index is 10.4. The average Bonchev–Trinajstić information content (AvgIpc) is 2.73. The third-order valence-electron chi connectivity index (χ3n) is 6.03. The van der Waals surface area contributed by atoms with E-state index >= 15 is 0 Å². The molecular weight excluding hydrogens is 372 g/mol. The highest BCUT2D eigenvalue weighted by molar-refractivity contribution is 6.99. The average molecular weight is 411 g/mol. The molecule has 3 atom stereocenters. The van der Waals surface area contributed by atoms with Crippen LogP contribution in [-0.2, 0) is 4.43 Å². The molecule has 0 aliphatic heterocycles. The Morgan fingerprint density at radius 2 is 1.45 bits per heavy atom. The number of aliphatic hydroxyl groups is 1. The maximum atomic E-state index is 10.4. The van der Waals surface area contributed by atoms with Crippen LogP contribution in [0.25, 0.3) is 0 Å². The predicted molar refractivity (Wildman–Crippen MR) is 127 cm³/mol. The largest absolute Gasteiger partial charge is 0.407 e. The van der Waals surface area contributed by atoms with Crippen LogP contribution in [0.5, 0.6) is 0 Å². The summed E-state index contributed by atoms with van der Waals surface area (Å²) in [6, 6.07) is 21.5. The molecule has 0 unspecified atom stereocenters. The van der Waals surface area contributed by atoms with Gasteiger partial charge in [-0.3, -0.25) is 0 Å². The van der Waals surface area contributed by atoms with Gasteiger partial charge in [-0.15, -0.1) is 6.58 Å². The Labute approximate surface area is 178 Å². The summed E-state index contributed by atoms with van der Waals surface area (Å²) < 4.78 is 6.92. The van der Waals surface area contributed by atoms with E-state index in [0.717, 1.165) is 12.8 Å². The van der Waals surface area contributed by atoms with Crippen molar-refractivity contribution in [2.45, 2.75) is 58.6 Å². The molecule has 0 spiro atoms. The van der Waals surface area contributed by atoms with Gasteiger partial charge in [-0.2, -0.15) is 0 Å². The molecule has 0 bridgehead atoms. The minimum absolute atomic E-state index is 0.00179. The van der Waals surface area contributed by atoms with Crippen LogP contribution in [0.15, 0.2) is 73.3 Å². The smallest absolute Gasteiger partial charge is 0.261 e. The molecular formula is C26H38O2Si. The minimum atomic E-state index is -2.46. The summed E-state index contributed by atoms with van der Waals surface area (Å²) >= 11 is 0. The van der Waals surface area contributed by atoms with E-state index in [1.165, 1.54) is 10.4 Å². The highest BCUT2D eigenvalue weighted by Gasteiger charge is 2.49. The van der Waals surface area contributed by atoms with Crippen LogP contribution in [0.4, 0.5) is 0 Å². The van der Waals surface area contributed by atoms with E-state index in [2.05, 4.69) is 94.9 Å². The molecule has 0 aliphatic carbocycles. The molecule has 158 valence electrons. The van der Waals surface area contributed by atoms with Crippen LogP contribution in [0.2, 0.25) is 5.04 Å². The van der Waals surface area contributed by atoms with Crippen molar-refractivity contribution < 1.29 is 9.53 Å². The molecule has 1 N–H and O–H groups in total. The molecule has 0 saturated heterocycles. The molecule has 0 fully saturated rings. The van der Waals surface area contributed by atoms with E-state index in [1.54, 1.807) is 0 Å². The molecule has 0 radical (unpaired) electrons. The van der Waals surface area contributed by atoms with Gasteiger partial charge in [0.15, 0.2) is 0 Å². The number of hydrogen-bond acceptors (Lipinski definition) is 2. The van der Waals surface area contributed by atoms with Gasteiger partial charge in [0, 0.05) is 6.61 Å². The summed E-state index contributed by atoms with van der Waals surface area (Å²) in [6.07, 6.45) is 3.37. The van der Waals surface area contributed by atoms with Crippen molar-refractivity contribution in [3.63, 3.8) is 0 Å². The Morgan fingerprint density at radius 3 is 1.86 bits per heavy atom. The van der Waals surface area contributed by atoms with Gasteiger partial charge in [-0.1, -0.05) is 101 Å². The topological polar surface area (TPSA) is 29.5 Å². The van der Waals surface area contributed by atoms with Gasteiger partial charge in [-0.05, 0) is 40.1 Å². The Bertz CT molecular complexity index is 697. The lowest BCUT2D eigenvalue weighted by atomic mass is 9.90. The van der Waals surface area contributed by atoms with E-state index in [0.29, 0.717) is 6.61 Å². The fraction of sp³-hybridized carbons (Fsp3) is 0.462. The molecule has 0 aromatic heterocycles. The molecule has 2 rings (SSSR count). The van der Waals surface area contributed by atoms with E-state index in [-0.39, 0.29) is 23.0 Å². The molecule has 29 heavy (non-hydrogen) atoms. The quantitative estimate of drug-likeness (QED) is 0.333. The SMILES string of the molecule is C=C[C@H](C)[C@H](O)[C@@H](C)CCCO[Si](c1ccccc1)(c1ccccc1)C(C)(C)C. The van der Waals surface area contributed by atoms with Crippen LogP contribution >= 0.6 is 0 Å². The first-order valence-electron chi connectivity index (χ1n) is 10.8. The lowest BCUT2D eigenvalue weighted by Crippen LogP contribution is -2.66. The standard InChI is InChI=1S/C26H38O2Si/c1-7-21(2)25(27)22(3)15-14-20-28-29(26(4,5)6,23-16-10-8-11-17-23)24-18-12-9-13-19-24/h7-13,16-19,21-22,25,27H,1,14-15,20H2,2-6H3/t21-,22-,25-/m0/s1. The Hall–Kier alpha value is -1.68.